The van der Waals surface area contributed by atoms with E-state index in [1.165, 1.54) is 22.9 Å². The zero-order valence-electron chi connectivity index (χ0n) is 11.3. The Labute approximate surface area is 119 Å². The molecule has 2 aromatic rings. The summed E-state index contributed by atoms with van der Waals surface area (Å²) in [6.45, 7) is 0.108. The number of fused-ring (bicyclic) bond motifs is 1. The molecule has 0 radical (unpaired) electrons. The number of aliphatic hydroxyl groups excluding tert-OH is 1. The summed E-state index contributed by atoms with van der Waals surface area (Å²) < 4.78 is 6.22. The third-order valence-electron chi connectivity index (χ3n) is 3.54. The second-order valence-electron chi connectivity index (χ2n) is 4.86. The van der Waals surface area contributed by atoms with E-state index in [4.69, 9.17) is 0 Å². The summed E-state index contributed by atoms with van der Waals surface area (Å²) in [5.41, 5.74) is 0.925. The van der Waals surface area contributed by atoms with Gasteiger partial charge in [-0.3, -0.25) is 4.79 Å². The van der Waals surface area contributed by atoms with Crippen molar-refractivity contribution in [1.29, 1.82) is 0 Å². The average molecular weight is 290 g/mol. The topological polar surface area (TPSA) is 97.0 Å². The molecule has 0 saturated carbocycles. The van der Waals surface area contributed by atoms with Gasteiger partial charge in [0.2, 0.25) is 0 Å². The number of methoxy groups -OCH3 is 1. The largest absolute Gasteiger partial charge is 0.467 e. The number of pyridine rings is 1. The normalized spacial score (nSPS) is 21.7. The van der Waals surface area contributed by atoms with E-state index in [1.807, 2.05) is 0 Å². The molecule has 3 rings (SSSR count). The first-order chi connectivity index (χ1) is 10.1. The molecule has 1 amide bonds. The summed E-state index contributed by atoms with van der Waals surface area (Å²) >= 11 is 0. The SMILES string of the molecule is COC(=O)[C@@H]1C[C@@H](O)CN1C(=O)c1ccn2ncnc2c1. The van der Waals surface area contributed by atoms with Gasteiger partial charge in [0.25, 0.3) is 5.91 Å². The van der Waals surface area contributed by atoms with Gasteiger partial charge in [0, 0.05) is 24.7 Å². The van der Waals surface area contributed by atoms with Gasteiger partial charge in [-0.25, -0.2) is 14.3 Å². The third kappa shape index (κ3) is 2.33. The fourth-order valence-corrected chi connectivity index (χ4v) is 2.51. The van der Waals surface area contributed by atoms with Crippen molar-refractivity contribution in [3.63, 3.8) is 0 Å². The van der Waals surface area contributed by atoms with Crippen molar-refractivity contribution >= 4 is 17.5 Å². The second-order valence-corrected chi connectivity index (χ2v) is 4.86. The van der Waals surface area contributed by atoms with Gasteiger partial charge >= 0.3 is 5.97 Å². The Hall–Kier alpha value is -2.48. The number of hydrogen-bond acceptors (Lipinski definition) is 6. The van der Waals surface area contributed by atoms with Crippen molar-refractivity contribution in [3.8, 4) is 0 Å². The van der Waals surface area contributed by atoms with Crippen molar-refractivity contribution in [2.45, 2.75) is 18.6 Å². The average Bonchev–Trinajstić information content (AvgIpc) is 3.10. The maximum absolute atomic E-state index is 12.5. The van der Waals surface area contributed by atoms with Gasteiger partial charge in [-0.1, -0.05) is 0 Å². The predicted octanol–water partition coefficient (Wildman–Crippen LogP) is -0.522. The molecule has 2 aromatic heterocycles. The molecule has 3 heterocycles. The fourth-order valence-electron chi connectivity index (χ4n) is 2.51. The summed E-state index contributed by atoms with van der Waals surface area (Å²) in [6, 6.07) is 2.43. The number of nitrogens with zero attached hydrogens (tertiary/aromatic N) is 4. The van der Waals surface area contributed by atoms with Gasteiger partial charge in [0.05, 0.1) is 13.2 Å². The molecule has 0 bridgehead atoms. The number of esters is 1. The Morgan fingerprint density at radius 1 is 1.48 bits per heavy atom. The van der Waals surface area contributed by atoms with Gasteiger partial charge in [-0.2, -0.15) is 5.10 Å². The van der Waals surface area contributed by atoms with Gasteiger partial charge in [-0.05, 0) is 12.1 Å². The van der Waals surface area contributed by atoms with Crippen LogP contribution in [0.2, 0.25) is 0 Å². The minimum absolute atomic E-state index is 0.108. The maximum Gasteiger partial charge on any atom is 0.328 e. The van der Waals surface area contributed by atoms with Crippen molar-refractivity contribution in [2.24, 2.45) is 0 Å². The molecule has 21 heavy (non-hydrogen) atoms. The van der Waals surface area contributed by atoms with Crippen LogP contribution < -0.4 is 0 Å². The van der Waals surface area contributed by atoms with Crippen molar-refractivity contribution in [1.82, 2.24) is 19.5 Å². The molecule has 0 aromatic carbocycles. The van der Waals surface area contributed by atoms with Crippen molar-refractivity contribution in [2.75, 3.05) is 13.7 Å². The van der Waals surface area contributed by atoms with E-state index in [0.29, 0.717) is 11.2 Å². The highest BCUT2D eigenvalue weighted by atomic mass is 16.5. The van der Waals surface area contributed by atoms with E-state index < -0.39 is 18.1 Å². The van der Waals surface area contributed by atoms with E-state index in [-0.39, 0.29) is 18.9 Å². The van der Waals surface area contributed by atoms with Crippen molar-refractivity contribution < 1.29 is 19.4 Å². The zero-order valence-corrected chi connectivity index (χ0v) is 11.3. The highest BCUT2D eigenvalue weighted by Crippen LogP contribution is 2.22. The van der Waals surface area contributed by atoms with E-state index >= 15 is 0 Å². The smallest absolute Gasteiger partial charge is 0.328 e. The Balaban J connectivity index is 1.90. The quantitative estimate of drug-likeness (QED) is 0.747. The highest BCUT2D eigenvalue weighted by Gasteiger charge is 2.39. The summed E-state index contributed by atoms with van der Waals surface area (Å²) in [5, 5.41) is 13.7. The number of likely N-dealkylation sites (tertiary alicyclic amines) is 1. The van der Waals surface area contributed by atoms with E-state index in [2.05, 4.69) is 14.8 Å². The number of rotatable bonds is 2. The Kier molecular flexibility index (Phi) is 3.30. The van der Waals surface area contributed by atoms with Gasteiger partial charge in [-0.15, -0.1) is 0 Å². The lowest BCUT2D eigenvalue weighted by Gasteiger charge is -2.22. The standard InChI is InChI=1S/C13H14N4O4/c1-21-13(20)10-5-9(18)6-16(10)12(19)8-2-3-17-11(4-8)14-7-15-17/h2-4,7,9-10,18H,5-6H2,1H3/t9-,10+/m1/s1. The van der Waals surface area contributed by atoms with E-state index in [1.54, 1.807) is 18.3 Å². The van der Waals surface area contributed by atoms with Gasteiger partial charge in [0.1, 0.15) is 12.4 Å². The van der Waals surface area contributed by atoms with Crippen LogP contribution in [0.4, 0.5) is 0 Å². The van der Waals surface area contributed by atoms with Gasteiger partial charge < -0.3 is 14.7 Å². The Morgan fingerprint density at radius 3 is 3.05 bits per heavy atom. The molecule has 1 fully saturated rings. The number of carbonyl (C=O) groups is 2. The number of ether oxygens (including phenoxy) is 1. The first-order valence-electron chi connectivity index (χ1n) is 6.46. The van der Waals surface area contributed by atoms with Crippen molar-refractivity contribution in [3.05, 3.63) is 30.2 Å². The van der Waals surface area contributed by atoms with Crippen LogP contribution in [0.25, 0.3) is 5.65 Å². The molecule has 1 saturated heterocycles. The lowest BCUT2D eigenvalue weighted by Crippen LogP contribution is -2.41. The van der Waals surface area contributed by atoms with Gasteiger partial charge in [0.15, 0.2) is 5.65 Å². The van der Waals surface area contributed by atoms with Crippen LogP contribution in [0.5, 0.6) is 0 Å². The van der Waals surface area contributed by atoms with Crippen LogP contribution in [0, 0.1) is 0 Å². The number of β-amino-alcohol motifs (C(OH)–C–C–N with tert-alkyl or cyclic N) is 1. The molecule has 1 aliphatic rings. The molecule has 0 unspecified atom stereocenters. The molecule has 8 heteroatoms. The summed E-state index contributed by atoms with van der Waals surface area (Å²) in [7, 11) is 1.26. The Bertz CT molecular complexity index is 698. The number of aliphatic hydroxyl groups is 1. The predicted molar refractivity (Wildman–Crippen MR) is 70.5 cm³/mol. The molecule has 2 atom stereocenters. The summed E-state index contributed by atoms with van der Waals surface area (Å²) in [6.07, 6.45) is 2.47. The number of aromatic nitrogens is 3. The molecule has 1 N–H and O–H groups in total. The molecular formula is C13H14N4O4. The van der Waals surface area contributed by atoms with Crippen LogP contribution in [-0.4, -0.2) is 62.3 Å². The molecule has 0 spiro atoms. The number of amides is 1. The molecule has 8 nitrogen and oxygen atoms in total. The summed E-state index contributed by atoms with van der Waals surface area (Å²) in [4.78, 5) is 29.6. The second kappa shape index (κ2) is 5.13. The Morgan fingerprint density at radius 2 is 2.29 bits per heavy atom. The van der Waals surface area contributed by atoms with Crippen LogP contribution in [0.15, 0.2) is 24.7 Å². The van der Waals surface area contributed by atoms with Crippen LogP contribution in [0.3, 0.4) is 0 Å². The fraction of sp³-hybridized carbons (Fsp3) is 0.385. The van der Waals surface area contributed by atoms with Crippen LogP contribution in [0.1, 0.15) is 16.8 Å². The monoisotopic (exact) mass is 290 g/mol. The third-order valence-corrected chi connectivity index (χ3v) is 3.54. The molecular weight excluding hydrogens is 276 g/mol. The van der Waals surface area contributed by atoms with Crippen LogP contribution >= 0.6 is 0 Å². The maximum atomic E-state index is 12.5. The molecule has 1 aliphatic heterocycles. The lowest BCUT2D eigenvalue weighted by molar-refractivity contribution is -0.145. The van der Waals surface area contributed by atoms with E-state index in [0.717, 1.165) is 0 Å². The first-order valence-corrected chi connectivity index (χ1v) is 6.46. The molecule has 0 aliphatic carbocycles. The number of carbonyl (C=O) groups excluding carboxylic acids is 2. The highest BCUT2D eigenvalue weighted by molar-refractivity contribution is 5.97. The van der Waals surface area contributed by atoms with Crippen LogP contribution in [-0.2, 0) is 9.53 Å². The minimum Gasteiger partial charge on any atom is -0.467 e. The molecule has 110 valence electrons. The first kappa shape index (κ1) is 13.5. The number of hydrogen-bond donors (Lipinski definition) is 1. The van der Waals surface area contributed by atoms with E-state index in [9.17, 15) is 14.7 Å². The minimum atomic E-state index is -0.758. The summed E-state index contributed by atoms with van der Waals surface area (Å²) in [5.74, 6) is -0.865. The zero-order chi connectivity index (χ0) is 15.0. The lowest BCUT2D eigenvalue weighted by atomic mass is 10.2.